The van der Waals surface area contributed by atoms with Crippen molar-refractivity contribution in [3.8, 4) is 0 Å². The molecule has 5 heteroatoms. The molecule has 0 spiro atoms. The van der Waals surface area contributed by atoms with E-state index in [2.05, 4.69) is 17.6 Å². The SMILES string of the molecule is CC(C)CNC(=O)C(C)NC(=O)C1CC(N)CCC1C. The van der Waals surface area contributed by atoms with Gasteiger partial charge in [0, 0.05) is 18.5 Å². The van der Waals surface area contributed by atoms with Gasteiger partial charge in [0.2, 0.25) is 11.8 Å². The van der Waals surface area contributed by atoms with E-state index in [4.69, 9.17) is 5.73 Å². The summed E-state index contributed by atoms with van der Waals surface area (Å²) in [6, 6.07) is -0.390. The molecule has 5 nitrogen and oxygen atoms in total. The lowest BCUT2D eigenvalue weighted by Crippen LogP contribution is -2.49. The molecule has 4 atom stereocenters. The van der Waals surface area contributed by atoms with Crippen molar-refractivity contribution in [2.75, 3.05) is 6.54 Å². The molecule has 0 radical (unpaired) electrons. The summed E-state index contributed by atoms with van der Waals surface area (Å²) in [4.78, 5) is 24.1. The third-order valence-electron chi connectivity index (χ3n) is 4.01. The predicted molar refractivity (Wildman–Crippen MR) is 79.9 cm³/mol. The third-order valence-corrected chi connectivity index (χ3v) is 4.01. The van der Waals surface area contributed by atoms with Gasteiger partial charge in [-0.15, -0.1) is 0 Å². The summed E-state index contributed by atoms with van der Waals surface area (Å²) in [5.41, 5.74) is 5.94. The normalized spacial score (nSPS) is 28.0. The van der Waals surface area contributed by atoms with Gasteiger partial charge in [-0.05, 0) is 38.0 Å². The maximum Gasteiger partial charge on any atom is 0.242 e. The molecule has 0 bridgehead atoms. The highest BCUT2D eigenvalue weighted by atomic mass is 16.2. The van der Waals surface area contributed by atoms with E-state index in [0.717, 1.165) is 12.8 Å². The highest BCUT2D eigenvalue weighted by molar-refractivity contribution is 5.88. The van der Waals surface area contributed by atoms with E-state index in [9.17, 15) is 9.59 Å². The average Bonchev–Trinajstić information content (AvgIpc) is 2.38. The molecule has 0 heterocycles. The lowest BCUT2D eigenvalue weighted by atomic mass is 9.77. The second-order valence-corrected chi connectivity index (χ2v) is 6.53. The zero-order chi connectivity index (χ0) is 15.3. The summed E-state index contributed by atoms with van der Waals surface area (Å²) >= 11 is 0. The number of carbonyl (C=O) groups is 2. The number of hydrogen-bond acceptors (Lipinski definition) is 3. The number of nitrogens with two attached hydrogens (primary N) is 1. The fourth-order valence-corrected chi connectivity index (χ4v) is 2.56. The molecule has 1 fully saturated rings. The second kappa shape index (κ2) is 7.62. The van der Waals surface area contributed by atoms with Crippen molar-refractivity contribution >= 4 is 11.8 Å². The highest BCUT2D eigenvalue weighted by Gasteiger charge is 2.32. The Balaban J connectivity index is 2.45. The minimum Gasteiger partial charge on any atom is -0.354 e. The molecule has 2 amide bonds. The van der Waals surface area contributed by atoms with Crippen LogP contribution >= 0.6 is 0 Å². The van der Waals surface area contributed by atoms with E-state index in [1.807, 2.05) is 13.8 Å². The number of hydrogen-bond donors (Lipinski definition) is 3. The lowest BCUT2D eigenvalue weighted by molar-refractivity contribution is -0.132. The summed E-state index contributed by atoms with van der Waals surface area (Å²) in [5, 5.41) is 5.65. The predicted octanol–water partition coefficient (Wildman–Crippen LogP) is 1.03. The zero-order valence-corrected chi connectivity index (χ0v) is 13.1. The van der Waals surface area contributed by atoms with Crippen LogP contribution in [-0.2, 0) is 9.59 Å². The summed E-state index contributed by atoms with van der Waals surface area (Å²) in [6.45, 7) is 8.51. The fraction of sp³-hybridized carbons (Fsp3) is 0.867. The molecule has 0 aromatic heterocycles. The van der Waals surface area contributed by atoms with Crippen LogP contribution in [0.3, 0.4) is 0 Å². The standard InChI is InChI=1S/C15H29N3O2/c1-9(2)8-17-14(19)11(4)18-15(20)13-7-12(16)6-5-10(13)3/h9-13H,5-8,16H2,1-4H3,(H,17,19)(H,18,20). The Morgan fingerprint density at radius 3 is 2.50 bits per heavy atom. The smallest absolute Gasteiger partial charge is 0.242 e. The van der Waals surface area contributed by atoms with Crippen molar-refractivity contribution in [3.05, 3.63) is 0 Å². The van der Waals surface area contributed by atoms with Crippen LogP contribution in [0, 0.1) is 17.8 Å². The Labute approximate surface area is 122 Å². The van der Waals surface area contributed by atoms with Gasteiger partial charge in [0.15, 0.2) is 0 Å². The van der Waals surface area contributed by atoms with Crippen LogP contribution in [0.2, 0.25) is 0 Å². The Morgan fingerprint density at radius 1 is 1.25 bits per heavy atom. The molecule has 4 unspecified atom stereocenters. The van der Waals surface area contributed by atoms with Crippen molar-refractivity contribution in [1.82, 2.24) is 10.6 Å². The van der Waals surface area contributed by atoms with E-state index in [0.29, 0.717) is 24.8 Å². The molecule has 4 N–H and O–H groups in total. The van der Waals surface area contributed by atoms with Crippen LogP contribution in [-0.4, -0.2) is 30.4 Å². The first kappa shape index (κ1) is 17.0. The van der Waals surface area contributed by atoms with E-state index < -0.39 is 6.04 Å². The Kier molecular flexibility index (Phi) is 6.46. The largest absolute Gasteiger partial charge is 0.354 e. The molecule has 1 rings (SSSR count). The quantitative estimate of drug-likeness (QED) is 0.704. The Bertz CT molecular complexity index is 344. The third kappa shape index (κ3) is 5.12. The number of nitrogens with one attached hydrogen (secondary N) is 2. The molecule has 0 aliphatic heterocycles. The first-order valence-electron chi connectivity index (χ1n) is 7.65. The van der Waals surface area contributed by atoms with Crippen LogP contribution < -0.4 is 16.4 Å². The summed E-state index contributed by atoms with van der Waals surface area (Å²) in [5.74, 6) is 0.498. The minimum absolute atomic E-state index is 0.0418. The molecular formula is C15H29N3O2. The minimum atomic E-state index is -0.494. The molecular weight excluding hydrogens is 254 g/mol. The lowest BCUT2D eigenvalue weighted by Gasteiger charge is -2.32. The van der Waals surface area contributed by atoms with Gasteiger partial charge in [-0.1, -0.05) is 20.8 Å². The van der Waals surface area contributed by atoms with Gasteiger partial charge in [-0.25, -0.2) is 0 Å². The molecule has 1 aliphatic rings. The average molecular weight is 283 g/mol. The van der Waals surface area contributed by atoms with Gasteiger partial charge in [0.25, 0.3) is 0 Å². The summed E-state index contributed by atoms with van der Waals surface area (Å²) < 4.78 is 0. The molecule has 116 valence electrons. The fourth-order valence-electron chi connectivity index (χ4n) is 2.56. The number of rotatable bonds is 5. The summed E-state index contributed by atoms with van der Waals surface area (Å²) in [6.07, 6.45) is 2.68. The van der Waals surface area contributed by atoms with Crippen molar-refractivity contribution in [2.24, 2.45) is 23.5 Å². The van der Waals surface area contributed by atoms with Gasteiger partial charge in [0.05, 0.1) is 0 Å². The van der Waals surface area contributed by atoms with Gasteiger partial charge in [-0.2, -0.15) is 0 Å². The zero-order valence-electron chi connectivity index (χ0n) is 13.1. The monoisotopic (exact) mass is 283 g/mol. The van der Waals surface area contributed by atoms with Crippen molar-refractivity contribution < 1.29 is 9.59 Å². The van der Waals surface area contributed by atoms with Gasteiger partial charge in [0.1, 0.15) is 6.04 Å². The number of amides is 2. The van der Waals surface area contributed by atoms with Crippen LogP contribution in [0.25, 0.3) is 0 Å². The molecule has 1 saturated carbocycles. The molecule has 0 aromatic rings. The summed E-state index contributed by atoms with van der Waals surface area (Å²) in [7, 11) is 0. The Morgan fingerprint density at radius 2 is 1.90 bits per heavy atom. The van der Waals surface area contributed by atoms with E-state index >= 15 is 0 Å². The first-order valence-corrected chi connectivity index (χ1v) is 7.65. The van der Waals surface area contributed by atoms with E-state index in [1.54, 1.807) is 6.92 Å². The molecule has 1 aliphatic carbocycles. The topological polar surface area (TPSA) is 84.2 Å². The maximum atomic E-state index is 12.3. The van der Waals surface area contributed by atoms with Crippen LogP contribution in [0.15, 0.2) is 0 Å². The molecule has 0 saturated heterocycles. The highest BCUT2D eigenvalue weighted by Crippen LogP contribution is 2.29. The van der Waals surface area contributed by atoms with Crippen molar-refractivity contribution in [1.29, 1.82) is 0 Å². The van der Waals surface area contributed by atoms with Gasteiger partial charge in [-0.3, -0.25) is 9.59 Å². The Hall–Kier alpha value is -1.10. The van der Waals surface area contributed by atoms with Crippen molar-refractivity contribution in [3.63, 3.8) is 0 Å². The van der Waals surface area contributed by atoms with Crippen LogP contribution in [0.4, 0.5) is 0 Å². The van der Waals surface area contributed by atoms with Gasteiger partial charge >= 0.3 is 0 Å². The van der Waals surface area contributed by atoms with Gasteiger partial charge < -0.3 is 16.4 Å². The first-order chi connectivity index (χ1) is 9.31. The van der Waals surface area contributed by atoms with Crippen LogP contribution in [0.5, 0.6) is 0 Å². The second-order valence-electron chi connectivity index (χ2n) is 6.53. The van der Waals surface area contributed by atoms with Crippen LogP contribution in [0.1, 0.15) is 47.0 Å². The molecule has 0 aromatic carbocycles. The van der Waals surface area contributed by atoms with Crippen molar-refractivity contribution in [2.45, 2.75) is 59.0 Å². The maximum absolute atomic E-state index is 12.3. The van der Waals surface area contributed by atoms with E-state index in [-0.39, 0.29) is 23.8 Å². The molecule has 20 heavy (non-hydrogen) atoms. The number of carbonyl (C=O) groups excluding carboxylic acids is 2. The van der Waals surface area contributed by atoms with E-state index in [1.165, 1.54) is 0 Å².